The number of aliphatic hydroxyl groups is 1. The highest BCUT2D eigenvalue weighted by Gasteiger charge is 2.45. The van der Waals surface area contributed by atoms with Gasteiger partial charge in [0.15, 0.2) is 0 Å². The Hall–Kier alpha value is -0.0400. The highest BCUT2D eigenvalue weighted by Crippen LogP contribution is 2.48. The monoisotopic (exact) mass is 196 g/mol. The highest BCUT2D eigenvalue weighted by atomic mass is 16.3. The molecule has 0 heterocycles. The first-order chi connectivity index (χ1) is 6.61. The Morgan fingerprint density at radius 1 is 0.786 bits per heavy atom. The fourth-order valence-corrected chi connectivity index (χ4v) is 3.69. The van der Waals surface area contributed by atoms with Crippen LogP contribution in [0, 0.1) is 29.6 Å². The van der Waals surface area contributed by atoms with Crippen molar-refractivity contribution in [1.29, 1.82) is 0 Å². The molecule has 2 rings (SSSR count). The summed E-state index contributed by atoms with van der Waals surface area (Å²) >= 11 is 0. The van der Waals surface area contributed by atoms with E-state index in [0.29, 0.717) is 11.8 Å². The molecule has 0 radical (unpaired) electrons. The smallest absolute Gasteiger partial charge is 0.0599 e. The van der Waals surface area contributed by atoms with Gasteiger partial charge in [-0.05, 0) is 42.4 Å². The first-order valence-corrected chi connectivity index (χ1v) is 6.29. The molecule has 2 aliphatic rings. The van der Waals surface area contributed by atoms with Crippen molar-refractivity contribution in [1.82, 2.24) is 0 Å². The third kappa shape index (κ3) is 1.60. The second kappa shape index (κ2) is 3.84. The van der Waals surface area contributed by atoms with E-state index in [-0.39, 0.29) is 6.10 Å². The van der Waals surface area contributed by atoms with E-state index in [9.17, 15) is 5.11 Å². The van der Waals surface area contributed by atoms with Crippen LogP contribution >= 0.6 is 0 Å². The second-order valence-corrected chi connectivity index (χ2v) is 5.80. The maximum atomic E-state index is 10.2. The first-order valence-electron chi connectivity index (χ1n) is 6.29. The molecule has 0 saturated heterocycles. The minimum absolute atomic E-state index is 0.0136. The average molecular weight is 196 g/mol. The molecule has 0 amide bonds. The van der Waals surface area contributed by atoms with Crippen molar-refractivity contribution in [3.8, 4) is 0 Å². The minimum Gasteiger partial charge on any atom is -0.393 e. The Labute approximate surface area is 87.9 Å². The molecule has 0 aliphatic heterocycles. The Kier molecular flexibility index (Phi) is 2.88. The Bertz CT molecular complexity index is 181. The topological polar surface area (TPSA) is 20.2 Å². The molecule has 0 aromatic heterocycles. The number of rotatable bonds is 0. The lowest BCUT2D eigenvalue weighted by molar-refractivity contribution is 0.0827. The number of fused-ring (bicyclic) bond motifs is 1. The van der Waals surface area contributed by atoms with Gasteiger partial charge in [-0.3, -0.25) is 0 Å². The van der Waals surface area contributed by atoms with Gasteiger partial charge in [0.2, 0.25) is 0 Å². The van der Waals surface area contributed by atoms with Gasteiger partial charge in [0.25, 0.3) is 0 Å². The van der Waals surface area contributed by atoms with Crippen molar-refractivity contribution in [3.05, 3.63) is 0 Å². The van der Waals surface area contributed by atoms with Gasteiger partial charge in [0.1, 0.15) is 0 Å². The third-order valence-corrected chi connectivity index (χ3v) is 5.02. The van der Waals surface area contributed by atoms with E-state index >= 15 is 0 Å². The lowest BCUT2D eigenvalue weighted by atomic mass is 9.85. The van der Waals surface area contributed by atoms with Crippen molar-refractivity contribution in [3.63, 3.8) is 0 Å². The predicted molar refractivity (Wildman–Crippen MR) is 58.9 cm³/mol. The number of hydrogen-bond acceptors (Lipinski definition) is 1. The van der Waals surface area contributed by atoms with Crippen molar-refractivity contribution in [2.24, 2.45) is 29.6 Å². The molecule has 1 N–H and O–H groups in total. The van der Waals surface area contributed by atoms with Crippen LogP contribution < -0.4 is 0 Å². The molecular formula is C13H24O. The summed E-state index contributed by atoms with van der Waals surface area (Å²) in [6, 6.07) is 0. The summed E-state index contributed by atoms with van der Waals surface area (Å²) in [5.41, 5.74) is 0. The van der Waals surface area contributed by atoms with E-state index in [1.165, 1.54) is 25.7 Å². The predicted octanol–water partition coefficient (Wildman–Crippen LogP) is 3.08. The lowest BCUT2D eigenvalue weighted by Crippen LogP contribution is -2.21. The van der Waals surface area contributed by atoms with Crippen molar-refractivity contribution < 1.29 is 5.11 Å². The van der Waals surface area contributed by atoms with Crippen molar-refractivity contribution >= 4 is 0 Å². The molecule has 6 unspecified atom stereocenters. The van der Waals surface area contributed by atoms with Gasteiger partial charge < -0.3 is 5.11 Å². The number of aliphatic hydroxyl groups excluding tert-OH is 1. The van der Waals surface area contributed by atoms with Gasteiger partial charge in [-0.1, -0.05) is 33.6 Å². The molecule has 1 heteroatoms. The van der Waals surface area contributed by atoms with Gasteiger partial charge in [-0.15, -0.1) is 0 Å². The largest absolute Gasteiger partial charge is 0.393 e. The quantitative estimate of drug-likeness (QED) is 0.631. The first kappa shape index (κ1) is 10.5. The molecule has 2 aliphatic carbocycles. The average Bonchev–Trinajstić information content (AvgIpc) is 2.34. The van der Waals surface area contributed by atoms with Crippen LogP contribution in [0.2, 0.25) is 0 Å². The molecule has 1 nitrogen and oxygen atoms in total. The summed E-state index contributed by atoms with van der Waals surface area (Å²) in [7, 11) is 0. The third-order valence-electron chi connectivity index (χ3n) is 5.02. The van der Waals surface area contributed by atoms with Gasteiger partial charge in [-0.2, -0.15) is 0 Å². The Morgan fingerprint density at radius 3 is 2.00 bits per heavy atom. The molecule has 2 saturated carbocycles. The number of hydrogen-bond donors (Lipinski definition) is 1. The Morgan fingerprint density at radius 2 is 1.36 bits per heavy atom. The maximum Gasteiger partial charge on any atom is 0.0599 e. The van der Waals surface area contributed by atoms with Gasteiger partial charge in [0, 0.05) is 0 Å². The summed E-state index contributed by atoms with van der Waals surface area (Å²) in [5.74, 6) is 3.57. The van der Waals surface area contributed by atoms with Crippen LogP contribution in [0.3, 0.4) is 0 Å². The molecular weight excluding hydrogens is 172 g/mol. The van der Waals surface area contributed by atoms with Crippen LogP contribution in [0.5, 0.6) is 0 Å². The van der Waals surface area contributed by atoms with Crippen LogP contribution in [0.1, 0.15) is 46.5 Å². The van der Waals surface area contributed by atoms with Crippen LogP contribution in [0.25, 0.3) is 0 Å². The van der Waals surface area contributed by atoms with Crippen LogP contribution in [-0.4, -0.2) is 11.2 Å². The second-order valence-electron chi connectivity index (χ2n) is 5.80. The fourth-order valence-electron chi connectivity index (χ4n) is 3.69. The lowest BCUT2D eigenvalue weighted by Gasteiger charge is -2.20. The molecule has 0 aromatic rings. The van der Waals surface area contributed by atoms with E-state index in [1.54, 1.807) is 0 Å². The molecule has 0 aromatic carbocycles. The van der Waals surface area contributed by atoms with E-state index in [0.717, 1.165) is 17.8 Å². The summed E-state index contributed by atoms with van der Waals surface area (Å²) < 4.78 is 0. The summed E-state index contributed by atoms with van der Waals surface area (Å²) in [5, 5.41) is 10.2. The zero-order valence-electron chi connectivity index (χ0n) is 9.74. The van der Waals surface area contributed by atoms with Crippen molar-refractivity contribution in [2.75, 3.05) is 0 Å². The normalized spacial score (nSPS) is 54.0. The summed E-state index contributed by atoms with van der Waals surface area (Å²) in [4.78, 5) is 0. The SMILES string of the molecule is CC1CCC2C(C)C(C)C(O)C2CC1. The molecule has 6 atom stereocenters. The fraction of sp³-hybridized carbons (Fsp3) is 1.00. The standard InChI is InChI=1S/C13H24O/c1-8-4-6-11-9(2)10(3)13(14)12(11)7-5-8/h8-14H,4-7H2,1-3H3. The maximum absolute atomic E-state index is 10.2. The molecule has 82 valence electrons. The van der Waals surface area contributed by atoms with Gasteiger partial charge >= 0.3 is 0 Å². The Balaban J connectivity index is 2.11. The molecule has 2 fully saturated rings. The highest BCUT2D eigenvalue weighted by molar-refractivity contribution is 4.94. The van der Waals surface area contributed by atoms with Crippen LogP contribution in [0.15, 0.2) is 0 Å². The summed E-state index contributed by atoms with van der Waals surface area (Å²) in [6.45, 7) is 6.93. The van der Waals surface area contributed by atoms with E-state index < -0.39 is 0 Å². The van der Waals surface area contributed by atoms with E-state index in [4.69, 9.17) is 0 Å². The minimum atomic E-state index is -0.0136. The van der Waals surface area contributed by atoms with Gasteiger partial charge in [0.05, 0.1) is 6.10 Å². The zero-order valence-corrected chi connectivity index (χ0v) is 9.74. The van der Waals surface area contributed by atoms with Crippen molar-refractivity contribution in [2.45, 2.75) is 52.6 Å². The molecule has 0 bridgehead atoms. The van der Waals surface area contributed by atoms with E-state index in [2.05, 4.69) is 20.8 Å². The van der Waals surface area contributed by atoms with E-state index in [1.807, 2.05) is 0 Å². The molecule has 14 heavy (non-hydrogen) atoms. The van der Waals surface area contributed by atoms with Crippen LogP contribution in [0.4, 0.5) is 0 Å². The van der Waals surface area contributed by atoms with Crippen LogP contribution in [-0.2, 0) is 0 Å². The summed E-state index contributed by atoms with van der Waals surface area (Å²) in [6.07, 6.45) is 5.32. The molecule has 0 spiro atoms. The van der Waals surface area contributed by atoms with Gasteiger partial charge in [-0.25, -0.2) is 0 Å². The zero-order chi connectivity index (χ0) is 10.3.